The van der Waals surface area contributed by atoms with E-state index in [1.165, 1.54) is 0 Å². The van der Waals surface area contributed by atoms with Crippen molar-refractivity contribution in [2.75, 3.05) is 51.8 Å². The molecule has 30 heavy (non-hydrogen) atoms. The minimum atomic E-state index is -0.151. The molecule has 3 rings (SSSR count). The Hall–Kier alpha value is -2.57. The molecule has 0 unspecified atom stereocenters. The molecule has 1 saturated heterocycles. The van der Waals surface area contributed by atoms with Gasteiger partial charge >= 0.3 is 0 Å². The molecule has 1 amide bonds. The highest BCUT2D eigenvalue weighted by atomic mass is 16.5. The Morgan fingerprint density at radius 2 is 1.60 bits per heavy atom. The van der Waals surface area contributed by atoms with Crippen LogP contribution < -0.4 is 14.8 Å². The van der Waals surface area contributed by atoms with Crippen molar-refractivity contribution in [3.8, 4) is 11.5 Å². The van der Waals surface area contributed by atoms with Crippen LogP contribution >= 0.6 is 0 Å². The lowest BCUT2D eigenvalue weighted by Gasteiger charge is -2.37. The maximum atomic E-state index is 12.8. The van der Waals surface area contributed by atoms with Crippen LogP contribution in [-0.2, 0) is 4.79 Å². The fourth-order valence-electron chi connectivity index (χ4n) is 3.74. The van der Waals surface area contributed by atoms with E-state index in [2.05, 4.69) is 15.1 Å². The maximum absolute atomic E-state index is 12.8. The normalized spacial score (nSPS) is 16.1. The fraction of sp³-hybridized carbons (Fsp3) is 0.458. The topological polar surface area (TPSA) is 54.0 Å². The Morgan fingerprint density at radius 3 is 2.20 bits per heavy atom. The fourth-order valence-corrected chi connectivity index (χ4v) is 3.74. The van der Waals surface area contributed by atoms with Gasteiger partial charge in [0, 0.05) is 38.4 Å². The van der Waals surface area contributed by atoms with Crippen LogP contribution in [0, 0.1) is 13.8 Å². The SMILES string of the molecule is COc1ccc(OCCN2CCN([C@@H](C)C(=O)Nc3c(C)cccc3C)CC2)cc1. The first-order valence-electron chi connectivity index (χ1n) is 10.6. The van der Waals surface area contributed by atoms with Crippen LogP contribution in [0.5, 0.6) is 11.5 Å². The summed E-state index contributed by atoms with van der Waals surface area (Å²) < 4.78 is 11.0. The van der Waals surface area contributed by atoms with Gasteiger partial charge < -0.3 is 14.8 Å². The molecular weight excluding hydrogens is 378 g/mol. The number of carbonyl (C=O) groups excluding carboxylic acids is 1. The Labute approximate surface area is 179 Å². The second kappa shape index (κ2) is 10.5. The average Bonchev–Trinajstić information content (AvgIpc) is 2.76. The molecule has 1 N–H and O–H groups in total. The predicted molar refractivity (Wildman–Crippen MR) is 121 cm³/mol. The molecule has 1 aliphatic rings. The summed E-state index contributed by atoms with van der Waals surface area (Å²) in [5, 5.41) is 3.12. The van der Waals surface area contributed by atoms with Crippen LogP contribution in [0.25, 0.3) is 0 Å². The maximum Gasteiger partial charge on any atom is 0.241 e. The van der Waals surface area contributed by atoms with E-state index in [0.29, 0.717) is 6.61 Å². The first-order chi connectivity index (χ1) is 14.5. The number of para-hydroxylation sites is 1. The van der Waals surface area contributed by atoms with E-state index in [1.807, 2.05) is 63.2 Å². The summed E-state index contributed by atoms with van der Waals surface area (Å²) in [7, 11) is 1.66. The number of carbonyl (C=O) groups is 1. The van der Waals surface area contributed by atoms with Crippen LogP contribution in [0.15, 0.2) is 42.5 Å². The molecule has 0 saturated carbocycles. The molecule has 0 bridgehead atoms. The Bertz CT molecular complexity index is 810. The summed E-state index contributed by atoms with van der Waals surface area (Å²) in [6.45, 7) is 11.2. The number of piperazine rings is 1. The highest BCUT2D eigenvalue weighted by molar-refractivity contribution is 5.95. The van der Waals surface area contributed by atoms with Gasteiger partial charge in [-0.25, -0.2) is 0 Å². The number of anilines is 1. The van der Waals surface area contributed by atoms with Crippen LogP contribution in [0.4, 0.5) is 5.69 Å². The molecule has 6 nitrogen and oxygen atoms in total. The van der Waals surface area contributed by atoms with Gasteiger partial charge in [-0.15, -0.1) is 0 Å². The molecule has 0 aliphatic carbocycles. The number of methoxy groups -OCH3 is 1. The number of benzene rings is 2. The summed E-state index contributed by atoms with van der Waals surface area (Å²) in [6, 6.07) is 13.6. The van der Waals surface area contributed by atoms with Gasteiger partial charge in [-0.1, -0.05) is 18.2 Å². The zero-order valence-corrected chi connectivity index (χ0v) is 18.5. The van der Waals surface area contributed by atoms with Gasteiger partial charge in [0.2, 0.25) is 5.91 Å². The van der Waals surface area contributed by atoms with Gasteiger partial charge in [0.05, 0.1) is 13.2 Å². The summed E-state index contributed by atoms with van der Waals surface area (Å²) >= 11 is 0. The summed E-state index contributed by atoms with van der Waals surface area (Å²) in [6.07, 6.45) is 0. The monoisotopic (exact) mass is 411 g/mol. The Balaban J connectivity index is 1.41. The van der Waals surface area contributed by atoms with Crippen LogP contribution in [0.2, 0.25) is 0 Å². The van der Waals surface area contributed by atoms with E-state index >= 15 is 0 Å². The van der Waals surface area contributed by atoms with Crippen molar-refractivity contribution < 1.29 is 14.3 Å². The molecule has 0 spiro atoms. The number of nitrogens with one attached hydrogen (secondary N) is 1. The van der Waals surface area contributed by atoms with Gasteiger partial charge in [-0.2, -0.15) is 0 Å². The van der Waals surface area contributed by atoms with E-state index in [9.17, 15) is 4.79 Å². The predicted octanol–water partition coefficient (Wildman–Crippen LogP) is 3.34. The quantitative estimate of drug-likeness (QED) is 0.722. The first-order valence-corrected chi connectivity index (χ1v) is 10.6. The lowest BCUT2D eigenvalue weighted by molar-refractivity contribution is -0.121. The third-order valence-corrected chi connectivity index (χ3v) is 5.80. The largest absolute Gasteiger partial charge is 0.497 e. The van der Waals surface area contributed by atoms with Gasteiger partial charge in [0.15, 0.2) is 0 Å². The summed E-state index contributed by atoms with van der Waals surface area (Å²) in [4.78, 5) is 17.4. The number of amides is 1. The van der Waals surface area contributed by atoms with Crippen LogP contribution in [-0.4, -0.2) is 68.2 Å². The zero-order valence-electron chi connectivity index (χ0n) is 18.5. The molecule has 6 heteroatoms. The van der Waals surface area contributed by atoms with Crippen molar-refractivity contribution in [1.29, 1.82) is 0 Å². The van der Waals surface area contributed by atoms with E-state index in [4.69, 9.17) is 9.47 Å². The molecule has 1 atom stereocenters. The second-order valence-corrected chi connectivity index (χ2v) is 7.83. The van der Waals surface area contributed by atoms with Gasteiger partial charge in [-0.05, 0) is 56.2 Å². The highest BCUT2D eigenvalue weighted by Crippen LogP contribution is 2.20. The molecule has 0 aromatic heterocycles. The van der Waals surface area contributed by atoms with Crippen molar-refractivity contribution >= 4 is 11.6 Å². The number of ether oxygens (including phenoxy) is 2. The van der Waals surface area contributed by atoms with E-state index in [1.54, 1.807) is 7.11 Å². The lowest BCUT2D eigenvalue weighted by atomic mass is 10.1. The number of hydrogen-bond acceptors (Lipinski definition) is 5. The molecular formula is C24H33N3O3. The zero-order chi connectivity index (χ0) is 21.5. The molecule has 2 aromatic rings. The number of aryl methyl sites for hydroxylation is 2. The molecule has 1 fully saturated rings. The second-order valence-electron chi connectivity index (χ2n) is 7.83. The van der Waals surface area contributed by atoms with Crippen LogP contribution in [0.1, 0.15) is 18.1 Å². The number of nitrogens with zero attached hydrogens (tertiary/aromatic N) is 2. The van der Waals surface area contributed by atoms with Crippen molar-refractivity contribution in [3.05, 3.63) is 53.6 Å². The summed E-state index contributed by atoms with van der Waals surface area (Å²) in [5.41, 5.74) is 3.12. The van der Waals surface area contributed by atoms with Crippen molar-refractivity contribution in [1.82, 2.24) is 9.80 Å². The van der Waals surface area contributed by atoms with E-state index in [-0.39, 0.29) is 11.9 Å². The Kier molecular flexibility index (Phi) is 7.71. The Morgan fingerprint density at radius 1 is 1.00 bits per heavy atom. The van der Waals surface area contributed by atoms with Crippen molar-refractivity contribution in [2.24, 2.45) is 0 Å². The number of hydrogen-bond donors (Lipinski definition) is 1. The minimum Gasteiger partial charge on any atom is -0.497 e. The smallest absolute Gasteiger partial charge is 0.241 e. The third-order valence-electron chi connectivity index (χ3n) is 5.80. The van der Waals surface area contributed by atoms with Crippen molar-refractivity contribution in [3.63, 3.8) is 0 Å². The standard InChI is InChI=1S/C24H33N3O3/c1-18-6-5-7-19(2)23(18)25-24(28)20(3)27-14-12-26(13-15-27)16-17-30-22-10-8-21(29-4)9-11-22/h5-11,20H,12-17H2,1-4H3,(H,25,28)/t20-/m0/s1. The average molecular weight is 412 g/mol. The lowest BCUT2D eigenvalue weighted by Crippen LogP contribution is -2.53. The highest BCUT2D eigenvalue weighted by Gasteiger charge is 2.26. The van der Waals surface area contributed by atoms with E-state index in [0.717, 1.165) is 61.0 Å². The van der Waals surface area contributed by atoms with Crippen molar-refractivity contribution in [2.45, 2.75) is 26.8 Å². The number of rotatable bonds is 8. The molecule has 162 valence electrons. The van der Waals surface area contributed by atoms with Gasteiger partial charge in [0.25, 0.3) is 0 Å². The molecule has 2 aromatic carbocycles. The van der Waals surface area contributed by atoms with Crippen LogP contribution in [0.3, 0.4) is 0 Å². The summed E-state index contributed by atoms with van der Waals surface area (Å²) in [5.74, 6) is 1.74. The molecule has 1 heterocycles. The molecule has 1 aliphatic heterocycles. The van der Waals surface area contributed by atoms with Gasteiger partial charge in [0.1, 0.15) is 18.1 Å². The minimum absolute atomic E-state index is 0.0590. The molecule has 0 radical (unpaired) electrons. The van der Waals surface area contributed by atoms with Gasteiger partial charge in [-0.3, -0.25) is 14.6 Å². The third kappa shape index (κ3) is 5.74. The van der Waals surface area contributed by atoms with E-state index < -0.39 is 0 Å². The first kappa shape index (κ1) is 22.1.